The Labute approximate surface area is 98.0 Å². The largest absolute Gasteiger partial charge is 0.448 e. The number of primary amides is 1. The van der Waals surface area contributed by atoms with Crippen LogP contribution in [0, 0.1) is 0 Å². The average Bonchev–Trinajstić information content (AvgIpc) is 2.24. The topological polar surface area (TPSA) is 103 Å². The van der Waals surface area contributed by atoms with Crippen molar-refractivity contribution in [3.63, 3.8) is 0 Å². The molecule has 0 fully saturated rings. The van der Waals surface area contributed by atoms with Crippen LogP contribution in [0.1, 0.15) is 5.56 Å². The summed E-state index contributed by atoms with van der Waals surface area (Å²) in [5, 5.41) is 2.94. The number of hydrogen-bond donors (Lipinski definition) is 3. The molecule has 1 amide bonds. The molecule has 1 aromatic heterocycles. The molecule has 0 aliphatic carbocycles. The van der Waals surface area contributed by atoms with Gasteiger partial charge in [0.1, 0.15) is 17.4 Å². The molecule has 0 aromatic carbocycles. The lowest BCUT2D eigenvalue weighted by molar-refractivity contribution is 0.161. The fourth-order valence-electron chi connectivity index (χ4n) is 1.01. The van der Waals surface area contributed by atoms with Crippen LogP contribution in [0.2, 0.25) is 0 Å². The summed E-state index contributed by atoms with van der Waals surface area (Å²) in [5.41, 5.74) is 11.0. The van der Waals surface area contributed by atoms with Crippen molar-refractivity contribution in [1.29, 1.82) is 0 Å². The molecule has 7 heteroatoms. The van der Waals surface area contributed by atoms with E-state index in [0.29, 0.717) is 17.4 Å². The number of amides is 1. The van der Waals surface area contributed by atoms with Crippen molar-refractivity contribution in [1.82, 2.24) is 4.98 Å². The maximum Gasteiger partial charge on any atom is 0.404 e. The number of carbonyl (C=O) groups is 1. The highest BCUT2D eigenvalue weighted by Crippen LogP contribution is 2.05. The zero-order valence-electron chi connectivity index (χ0n) is 8.47. The molecule has 0 saturated carbocycles. The van der Waals surface area contributed by atoms with Gasteiger partial charge in [-0.15, -0.1) is 0 Å². The fourth-order valence-corrected chi connectivity index (χ4v) is 1.14. The zero-order valence-corrected chi connectivity index (χ0v) is 9.29. The van der Waals surface area contributed by atoms with Gasteiger partial charge in [-0.25, -0.2) is 9.78 Å². The summed E-state index contributed by atoms with van der Waals surface area (Å²) < 4.78 is 4.54. The van der Waals surface area contributed by atoms with Gasteiger partial charge >= 0.3 is 6.09 Å². The molecule has 16 heavy (non-hydrogen) atoms. The molecule has 1 rings (SSSR count). The van der Waals surface area contributed by atoms with Crippen molar-refractivity contribution in [2.75, 3.05) is 18.5 Å². The van der Waals surface area contributed by atoms with Crippen molar-refractivity contribution in [2.24, 2.45) is 11.5 Å². The molecule has 0 spiro atoms. The van der Waals surface area contributed by atoms with Gasteiger partial charge in [0, 0.05) is 11.8 Å². The van der Waals surface area contributed by atoms with Gasteiger partial charge in [-0.1, -0.05) is 12.2 Å². The standard InChI is InChI=1S/C9H12N4O2S/c10-8(16)6-1-2-12-7(5-6)13-3-4-15-9(11)14/h1-2,5H,3-4H2,(H2,10,16)(H2,11,14)(H,12,13). The zero-order chi connectivity index (χ0) is 12.0. The van der Waals surface area contributed by atoms with Crippen LogP contribution >= 0.6 is 12.2 Å². The van der Waals surface area contributed by atoms with E-state index in [-0.39, 0.29) is 6.61 Å². The molecule has 1 aromatic rings. The number of carbonyl (C=O) groups excluding carboxylic acids is 1. The number of hydrogen-bond acceptors (Lipinski definition) is 5. The molecule has 0 saturated heterocycles. The van der Waals surface area contributed by atoms with Gasteiger partial charge in [-0.2, -0.15) is 0 Å². The van der Waals surface area contributed by atoms with Gasteiger partial charge in [-0.3, -0.25) is 0 Å². The smallest absolute Gasteiger partial charge is 0.404 e. The Morgan fingerprint density at radius 3 is 2.94 bits per heavy atom. The van der Waals surface area contributed by atoms with Gasteiger partial charge in [0.2, 0.25) is 0 Å². The molecule has 86 valence electrons. The highest BCUT2D eigenvalue weighted by atomic mass is 32.1. The lowest BCUT2D eigenvalue weighted by Gasteiger charge is -2.06. The summed E-state index contributed by atoms with van der Waals surface area (Å²) in [5.74, 6) is 0.610. The molecule has 0 atom stereocenters. The van der Waals surface area contributed by atoms with Crippen molar-refractivity contribution < 1.29 is 9.53 Å². The number of ether oxygens (including phenoxy) is 1. The Morgan fingerprint density at radius 1 is 1.56 bits per heavy atom. The number of thiocarbonyl (C=S) groups is 1. The second-order valence-corrected chi connectivity index (χ2v) is 3.33. The summed E-state index contributed by atoms with van der Waals surface area (Å²) in [6.45, 7) is 0.588. The van der Waals surface area contributed by atoms with Crippen molar-refractivity contribution in [3.8, 4) is 0 Å². The highest BCUT2D eigenvalue weighted by Gasteiger charge is 1.99. The number of anilines is 1. The van der Waals surface area contributed by atoms with Gasteiger partial charge in [-0.05, 0) is 12.1 Å². The third-order valence-corrected chi connectivity index (χ3v) is 1.93. The normalized spacial score (nSPS) is 9.50. The predicted octanol–water partition coefficient (Wildman–Crippen LogP) is 0.223. The Kier molecular flexibility index (Phi) is 4.46. The molecule has 5 N–H and O–H groups in total. The number of aromatic nitrogens is 1. The lowest BCUT2D eigenvalue weighted by Crippen LogP contribution is -2.19. The van der Waals surface area contributed by atoms with E-state index < -0.39 is 6.09 Å². The molecule has 1 heterocycles. The van der Waals surface area contributed by atoms with Crippen LogP contribution in [0.15, 0.2) is 18.3 Å². The predicted molar refractivity (Wildman–Crippen MR) is 64.1 cm³/mol. The number of nitrogens with zero attached hydrogens (tertiary/aromatic N) is 1. The first kappa shape index (κ1) is 12.2. The van der Waals surface area contributed by atoms with E-state index in [1.165, 1.54) is 0 Å². The Bertz CT molecular complexity index is 397. The fraction of sp³-hybridized carbons (Fsp3) is 0.222. The minimum Gasteiger partial charge on any atom is -0.448 e. The molecule has 0 unspecified atom stereocenters. The highest BCUT2D eigenvalue weighted by molar-refractivity contribution is 7.80. The number of nitrogens with one attached hydrogen (secondary N) is 1. The molecule has 0 bridgehead atoms. The average molecular weight is 240 g/mol. The van der Waals surface area contributed by atoms with E-state index in [9.17, 15) is 4.79 Å². The van der Waals surface area contributed by atoms with Crippen LogP contribution < -0.4 is 16.8 Å². The number of nitrogens with two attached hydrogens (primary N) is 2. The van der Waals surface area contributed by atoms with Gasteiger partial charge in [0.25, 0.3) is 0 Å². The van der Waals surface area contributed by atoms with Crippen LogP contribution in [-0.4, -0.2) is 29.2 Å². The van der Waals surface area contributed by atoms with E-state index >= 15 is 0 Å². The first-order chi connectivity index (χ1) is 7.59. The molecular formula is C9H12N4O2S. The molecule has 6 nitrogen and oxygen atoms in total. The van der Waals surface area contributed by atoms with Crippen LogP contribution in [0.4, 0.5) is 10.6 Å². The van der Waals surface area contributed by atoms with Crippen LogP contribution in [-0.2, 0) is 4.74 Å². The molecule has 0 aliphatic rings. The number of pyridine rings is 1. The van der Waals surface area contributed by atoms with Gasteiger partial charge < -0.3 is 21.5 Å². The van der Waals surface area contributed by atoms with Crippen molar-refractivity contribution >= 4 is 29.1 Å². The Hall–Kier alpha value is -1.89. The van der Waals surface area contributed by atoms with E-state index in [1.807, 2.05) is 0 Å². The quantitative estimate of drug-likeness (QED) is 0.502. The summed E-state index contributed by atoms with van der Waals surface area (Å²) in [6.07, 6.45) is 0.790. The first-order valence-electron chi connectivity index (χ1n) is 4.51. The first-order valence-corrected chi connectivity index (χ1v) is 4.92. The summed E-state index contributed by atoms with van der Waals surface area (Å²) in [6, 6.07) is 3.43. The number of rotatable bonds is 5. The summed E-state index contributed by atoms with van der Waals surface area (Å²) in [4.78, 5) is 14.6. The van der Waals surface area contributed by atoms with E-state index in [1.54, 1.807) is 18.3 Å². The third kappa shape index (κ3) is 4.09. The second-order valence-electron chi connectivity index (χ2n) is 2.89. The Balaban J connectivity index is 2.45. The van der Waals surface area contributed by atoms with E-state index in [0.717, 1.165) is 5.56 Å². The maximum atomic E-state index is 10.3. The SMILES string of the molecule is NC(=O)OCCNc1cc(C(N)=S)ccn1. The minimum absolute atomic E-state index is 0.175. The monoisotopic (exact) mass is 240 g/mol. The molecule has 0 aliphatic heterocycles. The lowest BCUT2D eigenvalue weighted by atomic mass is 10.2. The third-order valence-electron chi connectivity index (χ3n) is 1.70. The van der Waals surface area contributed by atoms with E-state index in [4.69, 9.17) is 23.7 Å². The van der Waals surface area contributed by atoms with Crippen LogP contribution in [0.3, 0.4) is 0 Å². The Morgan fingerprint density at radius 2 is 2.31 bits per heavy atom. The van der Waals surface area contributed by atoms with Crippen molar-refractivity contribution in [3.05, 3.63) is 23.9 Å². The van der Waals surface area contributed by atoms with Crippen LogP contribution in [0.25, 0.3) is 0 Å². The van der Waals surface area contributed by atoms with E-state index in [2.05, 4.69) is 15.0 Å². The summed E-state index contributed by atoms with van der Waals surface area (Å²) in [7, 11) is 0. The van der Waals surface area contributed by atoms with Crippen molar-refractivity contribution in [2.45, 2.75) is 0 Å². The van der Waals surface area contributed by atoms with Crippen LogP contribution in [0.5, 0.6) is 0 Å². The summed E-state index contributed by atoms with van der Waals surface area (Å²) >= 11 is 4.83. The molecular weight excluding hydrogens is 228 g/mol. The minimum atomic E-state index is -0.799. The molecule has 0 radical (unpaired) electrons. The van der Waals surface area contributed by atoms with Gasteiger partial charge in [0.15, 0.2) is 0 Å². The van der Waals surface area contributed by atoms with Gasteiger partial charge in [0.05, 0.1) is 6.54 Å². The maximum absolute atomic E-state index is 10.3. The second kappa shape index (κ2) is 5.86.